The Kier molecular flexibility index (Phi) is 4.75. The van der Waals surface area contributed by atoms with Crippen LogP contribution < -0.4 is 9.47 Å². The normalized spacial score (nSPS) is 26.8. The van der Waals surface area contributed by atoms with Gasteiger partial charge in [0.15, 0.2) is 0 Å². The van der Waals surface area contributed by atoms with Gasteiger partial charge in [-0.25, -0.2) is 4.79 Å². The van der Waals surface area contributed by atoms with Crippen LogP contribution in [0.5, 0.6) is 11.5 Å². The molecule has 2 heterocycles. The third-order valence-corrected chi connectivity index (χ3v) is 5.73. The fourth-order valence-corrected chi connectivity index (χ4v) is 4.20. The number of hydrogen-bond donors (Lipinski definition) is 0. The third kappa shape index (κ3) is 3.52. The van der Waals surface area contributed by atoms with Gasteiger partial charge in [0.05, 0.1) is 7.11 Å². The Morgan fingerprint density at radius 2 is 1.58 bits per heavy atom. The molecule has 132 valence electrons. The summed E-state index contributed by atoms with van der Waals surface area (Å²) in [5.41, 5.74) is 0.302. The minimum Gasteiger partial charge on any atom is -0.497 e. The molecule has 0 N–H and O–H groups in total. The average molecular weight is 331 g/mol. The topological polar surface area (TPSA) is 38.8 Å². The van der Waals surface area contributed by atoms with Crippen LogP contribution in [0.1, 0.15) is 52.9 Å². The summed E-state index contributed by atoms with van der Waals surface area (Å²) in [6.07, 6.45) is 5.42. The first kappa shape index (κ1) is 17.1. The summed E-state index contributed by atoms with van der Waals surface area (Å²) < 4.78 is 10.8. The van der Waals surface area contributed by atoms with E-state index < -0.39 is 0 Å². The molecule has 2 aliphatic heterocycles. The Hall–Kier alpha value is -1.71. The number of fused-ring (bicyclic) bond motifs is 2. The number of carbonyl (C=O) groups is 1. The Balaban J connectivity index is 1.70. The highest BCUT2D eigenvalue weighted by Crippen LogP contribution is 2.43. The van der Waals surface area contributed by atoms with Gasteiger partial charge in [-0.15, -0.1) is 0 Å². The minimum absolute atomic E-state index is 0.192. The van der Waals surface area contributed by atoms with E-state index in [0.717, 1.165) is 31.4 Å². The molecule has 2 aliphatic rings. The van der Waals surface area contributed by atoms with E-state index in [-0.39, 0.29) is 6.09 Å². The Morgan fingerprint density at radius 3 is 2.21 bits per heavy atom. The van der Waals surface area contributed by atoms with Crippen LogP contribution in [0.3, 0.4) is 0 Å². The van der Waals surface area contributed by atoms with Crippen molar-refractivity contribution in [1.29, 1.82) is 0 Å². The zero-order chi connectivity index (χ0) is 17.3. The van der Waals surface area contributed by atoms with Gasteiger partial charge in [-0.05, 0) is 67.7 Å². The predicted octanol–water partition coefficient (Wildman–Crippen LogP) is 4.87. The van der Waals surface area contributed by atoms with Crippen molar-refractivity contribution in [3.8, 4) is 11.5 Å². The van der Waals surface area contributed by atoms with Crippen LogP contribution in [-0.2, 0) is 0 Å². The monoisotopic (exact) mass is 331 g/mol. The summed E-state index contributed by atoms with van der Waals surface area (Å²) in [5.74, 6) is 2.01. The lowest BCUT2D eigenvalue weighted by molar-refractivity contribution is 0.124. The molecule has 1 aromatic carbocycles. The lowest BCUT2D eigenvalue weighted by Gasteiger charge is -2.32. The summed E-state index contributed by atoms with van der Waals surface area (Å²) in [6.45, 7) is 6.95. The first-order chi connectivity index (χ1) is 11.4. The first-order valence-corrected chi connectivity index (χ1v) is 9.02. The molecule has 3 atom stereocenters. The number of methoxy groups -OCH3 is 1. The average Bonchev–Trinajstić information content (AvgIpc) is 2.81. The molecule has 1 amide bonds. The largest absolute Gasteiger partial charge is 0.497 e. The summed E-state index contributed by atoms with van der Waals surface area (Å²) in [7, 11) is 1.63. The van der Waals surface area contributed by atoms with E-state index in [1.54, 1.807) is 19.2 Å². The zero-order valence-corrected chi connectivity index (χ0v) is 15.2. The van der Waals surface area contributed by atoms with E-state index >= 15 is 0 Å². The van der Waals surface area contributed by atoms with Crippen LogP contribution in [-0.4, -0.2) is 30.2 Å². The Morgan fingerprint density at radius 1 is 1.00 bits per heavy atom. The second-order valence-corrected chi connectivity index (χ2v) is 8.21. The van der Waals surface area contributed by atoms with E-state index in [4.69, 9.17) is 9.47 Å². The lowest BCUT2D eigenvalue weighted by Crippen LogP contribution is -2.42. The molecule has 0 aliphatic carbocycles. The molecular formula is C20H29NO3. The molecule has 2 bridgehead atoms. The molecule has 2 saturated heterocycles. The number of amides is 1. The molecule has 0 saturated carbocycles. The van der Waals surface area contributed by atoms with Gasteiger partial charge >= 0.3 is 6.09 Å². The van der Waals surface area contributed by atoms with E-state index in [9.17, 15) is 4.79 Å². The van der Waals surface area contributed by atoms with Crippen LogP contribution in [0.15, 0.2) is 24.3 Å². The van der Waals surface area contributed by atoms with Gasteiger partial charge in [0.25, 0.3) is 0 Å². The Bertz CT molecular complexity index is 576. The number of rotatable bonds is 2. The third-order valence-electron chi connectivity index (χ3n) is 5.73. The molecule has 1 aromatic rings. The van der Waals surface area contributed by atoms with Gasteiger partial charge in [0, 0.05) is 12.1 Å². The van der Waals surface area contributed by atoms with Gasteiger partial charge in [-0.2, -0.15) is 0 Å². The van der Waals surface area contributed by atoms with Crippen LogP contribution in [0.25, 0.3) is 0 Å². The highest BCUT2D eigenvalue weighted by Gasteiger charge is 2.43. The minimum atomic E-state index is -0.192. The fraction of sp³-hybridized carbons (Fsp3) is 0.650. The van der Waals surface area contributed by atoms with Crippen LogP contribution in [0, 0.1) is 11.3 Å². The van der Waals surface area contributed by atoms with Crippen LogP contribution in [0.4, 0.5) is 4.79 Å². The molecule has 24 heavy (non-hydrogen) atoms. The van der Waals surface area contributed by atoms with Gasteiger partial charge in [-0.1, -0.05) is 20.8 Å². The van der Waals surface area contributed by atoms with Crippen molar-refractivity contribution in [1.82, 2.24) is 4.90 Å². The van der Waals surface area contributed by atoms with Crippen molar-refractivity contribution in [2.24, 2.45) is 11.3 Å². The summed E-state index contributed by atoms with van der Waals surface area (Å²) in [5, 5.41) is 0. The maximum Gasteiger partial charge on any atom is 0.415 e. The SMILES string of the molecule is COc1ccc(OC(=O)N2C3CCC2CC(C(C)(C)C)CC3)cc1. The standard InChI is InChI=1S/C20H29NO3/c1-20(2,3)14-5-6-15-7-8-16(13-14)21(15)19(22)24-18-11-9-17(23-4)10-12-18/h9-12,14-16H,5-8,13H2,1-4H3. The highest BCUT2D eigenvalue weighted by molar-refractivity contribution is 5.72. The van der Waals surface area contributed by atoms with E-state index in [2.05, 4.69) is 20.8 Å². The smallest absolute Gasteiger partial charge is 0.415 e. The summed E-state index contributed by atoms with van der Waals surface area (Å²) in [6, 6.07) is 7.87. The maximum atomic E-state index is 12.8. The maximum absolute atomic E-state index is 12.8. The van der Waals surface area contributed by atoms with Gasteiger partial charge in [0.2, 0.25) is 0 Å². The number of nitrogens with zero attached hydrogens (tertiary/aromatic N) is 1. The van der Waals surface area contributed by atoms with Crippen molar-refractivity contribution in [3.05, 3.63) is 24.3 Å². The van der Waals surface area contributed by atoms with Crippen molar-refractivity contribution >= 4 is 6.09 Å². The molecule has 2 fully saturated rings. The number of carbonyl (C=O) groups excluding carboxylic acids is 1. The van der Waals surface area contributed by atoms with Crippen molar-refractivity contribution < 1.29 is 14.3 Å². The molecular weight excluding hydrogens is 302 g/mol. The second-order valence-electron chi connectivity index (χ2n) is 8.21. The molecule has 3 unspecified atom stereocenters. The van der Waals surface area contributed by atoms with Crippen molar-refractivity contribution in [2.45, 2.75) is 65.0 Å². The Labute approximate surface area is 145 Å². The highest BCUT2D eigenvalue weighted by atomic mass is 16.6. The van der Waals surface area contributed by atoms with E-state index in [1.807, 2.05) is 17.0 Å². The van der Waals surface area contributed by atoms with E-state index in [0.29, 0.717) is 29.2 Å². The molecule has 3 rings (SSSR count). The fourth-order valence-electron chi connectivity index (χ4n) is 4.20. The van der Waals surface area contributed by atoms with E-state index in [1.165, 1.54) is 6.42 Å². The quantitative estimate of drug-likeness (QED) is 0.776. The van der Waals surface area contributed by atoms with Crippen LogP contribution in [0.2, 0.25) is 0 Å². The molecule has 0 radical (unpaired) electrons. The van der Waals surface area contributed by atoms with Crippen molar-refractivity contribution in [3.63, 3.8) is 0 Å². The summed E-state index contributed by atoms with van der Waals surface area (Å²) in [4.78, 5) is 14.8. The molecule has 4 nitrogen and oxygen atoms in total. The predicted molar refractivity (Wildman–Crippen MR) is 94.5 cm³/mol. The van der Waals surface area contributed by atoms with Crippen LogP contribution >= 0.6 is 0 Å². The number of hydrogen-bond acceptors (Lipinski definition) is 3. The summed E-state index contributed by atoms with van der Waals surface area (Å²) >= 11 is 0. The van der Waals surface area contributed by atoms with Gasteiger partial charge < -0.3 is 14.4 Å². The molecule has 0 aromatic heterocycles. The zero-order valence-electron chi connectivity index (χ0n) is 15.2. The number of ether oxygens (including phenoxy) is 2. The lowest BCUT2D eigenvalue weighted by atomic mass is 9.74. The van der Waals surface area contributed by atoms with Gasteiger partial charge in [-0.3, -0.25) is 0 Å². The van der Waals surface area contributed by atoms with Crippen molar-refractivity contribution in [2.75, 3.05) is 7.11 Å². The molecule has 4 heteroatoms. The second kappa shape index (κ2) is 6.66. The first-order valence-electron chi connectivity index (χ1n) is 9.02. The van der Waals surface area contributed by atoms with Gasteiger partial charge in [0.1, 0.15) is 11.5 Å². The molecule has 0 spiro atoms. The number of benzene rings is 1.